The molecule has 1 saturated heterocycles. The number of nitrogens with one attached hydrogen (secondary N) is 2. The summed E-state index contributed by atoms with van der Waals surface area (Å²) in [7, 11) is 0. The van der Waals surface area contributed by atoms with Crippen LogP contribution in [0.25, 0.3) is 11.1 Å². The first-order valence-corrected chi connectivity index (χ1v) is 9.83. The predicted molar refractivity (Wildman–Crippen MR) is 111 cm³/mol. The van der Waals surface area contributed by atoms with Gasteiger partial charge in [-0.15, -0.1) is 0 Å². The maximum absolute atomic E-state index is 4.82. The Bertz CT molecular complexity index is 878. The van der Waals surface area contributed by atoms with E-state index in [0.29, 0.717) is 0 Å². The second kappa shape index (κ2) is 8.07. The quantitative estimate of drug-likeness (QED) is 0.726. The van der Waals surface area contributed by atoms with Gasteiger partial charge in [0.05, 0.1) is 11.7 Å². The number of piperazine rings is 1. The summed E-state index contributed by atoms with van der Waals surface area (Å²) < 4.78 is 0. The normalized spacial score (nSPS) is 16.4. The summed E-state index contributed by atoms with van der Waals surface area (Å²) in [6, 6.07) is 19.7. The molecule has 2 N–H and O–H groups in total. The SMILES string of the molecule is Cc1ccccc1-c1c(C(Cc2ccccc2)N2CCNCC2)n[nH]c1C. The van der Waals surface area contributed by atoms with Gasteiger partial charge in [0.2, 0.25) is 0 Å². The van der Waals surface area contributed by atoms with Crippen LogP contribution in [-0.2, 0) is 6.42 Å². The topological polar surface area (TPSA) is 44.0 Å². The summed E-state index contributed by atoms with van der Waals surface area (Å²) >= 11 is 0. The number of hydrogen-bond acceptors (Lipinski definition) is 3. The van der Waals surface area contributed by atoms with Gasteiger partial charge in [0.25, 0.3) is 0 Å². The minimum atomic E-state index is 0.272. The number of aromatic amines is 1. The van der Waals surface area contributed by atoms with Crippen molar-refractivity contribution < 1.29 is 0 Å². The van der Waals surface area contributed by atoms with Crippen molar-refractivity contribution in [2.75, 3.05) is 26.2 Å². The number of aromatic nitrogens is 2. The second-order valence-corrected chi connectivity index (χ2v) is 7.42. The largest absolute Gasteiger partial charge is 0.314 e. The molecule has 0 bridgehead atoms. The van der Waals surface area contributed by atoms with E-state index in [0.717, 1.165) is 38.3 Å². The number of aryl methyl sites for hydroxylation is 2. The highest BCUT2D eigenvalue weighted by Gasteiger charge is 2.28. The molecule has 4 rings (SSSR count). The van der Waals surface area contributed by atoms with E-state index in [2.05, 4.69) is 83.8 Å². The summed E-state index contributed by atoms with van der Waals surface area (Å²) in [5.41, 5.74) is 7.53. The third-order valence-electron chi connectivity index (χ3n) is 5.57. The molecule has 3 aromatic rings. The number of nitrogens with zero attached hydrogens (tertiary/aromatic N) is 2. The van der Waals surface area contributed by atoms with Gasteiger partial charge in [-0.05, 0) is 37.0 Å². The van der Waals surface area contributed by atoms with Gasteiger partial charge in [-0.25, -0.2) is 0 Å². The van der Waals surface area contributed by atoms with Crippen LogP contribution in [0, 0.1) is 13.8 Å². The van der Waals surface area contributed by atoms with Crippen molar-refractivity contribution in [1.29, 1.82) is 0 Å². The molecular formula is C23H28N4. The number of hydrogen-bond donors (Lipinski definition) is 2. The Balaban J connectivity index is 1.77. The van der Waals surface area contributed by atoms with Crippen LogP contribution >= 0.6 is 0 Å². The van der Waals surface area contributed by atoms with Gasteiger partial charge in [-0.3, -0.25) is 10.00 Å². The Labute approximate surface area is 161 Å². The smallest absolute Gasteiger partial charge is 0.0878 e. The first-order valence-electron chi connectivity index (χ1n) is 9.83. The molecular weight excluding hydrogens is 332 g/mol. The monoisotopic (exact) mass is 360 g/mol. The Morgan fingerprint density at radius 2 is 1.67 bits per heavy atom. The van der Waals surface area contributed by atoms with E-state index in [1.807, 2.05) is 0 Å². The van der Waals surface area contributed by atoms with E-state index in [9.17, 15) is 0 Å². The van der Waals surface area contributed by atoms with Crippen molar-refractivity contribution in [2.45, 2.75) is 26.3 Å². The van der Waals surface area contributed by atoms with Gasteiger partial charge in [-0.2, -0.15) is 5.10 Å². The standard InChI is InChI=1S/C23H28N4/c1-17-8-6-7-11-20(17)22-18(2)25-26-23(22)21(27-14-12-24-13-15-27)16-19-9-4-3-5-10-19/h3-11,21,24H,12-16H2,1-2H3,(H,25,26). The van der Waals surface area contributed by atoms with Crippen LogP contribution in [-0.4, -0.2) is 41.3 Å². The van der Waals surface area contributed by atoms with Crippen molar-refractivity contribution in [2.24, 2.45) is 0 Å². The fraction of sp³-hybridized carbons (Fsp3) is 0.348. The lowest BCUT2D eigenvalue weighted by Crippen LogP contribution is -2.45. The highest BCUT2D eigenvalue weighted by atomic mass is 15.2. The second-order valence-electron chi connectivity index (χ2n) is 7.42. The highest BCUT2D eigenvalue weighted by Crippen LogP contribution is 2.35. The molecule has 1 aliphatic rings. The van der Waals surface area contributed by atoms with Gasteiger partial charge < -0.3 is 5.32 Å². The molecule has 4 nitrogen and oxygen atoms in total. The molecule has 0 radical (unpaired) electrons. The number of H-pyrrole nitrogens is 1. The maximum atomic E-state index is 4.82. The van der Waals surface area contributed by atoms with Crippen molar-refractivity contribution in [3.63, 3.8) is 0 Å². The van der Waals surface area contributed by atoms with E-state index in [-0.39, 0.29) is 6.04 Å². The molecule has 1 fully saturated rings. The summed E-state index contributed by atoms with van der Waals surface area (Å²) in [5.74, 6) is 0. The molecule has 0 spiro atoms. The molecule has 1 aromatic heterocycles. The van der Waals surface area contributed by atoms with Gasteiger partial charge in [0.15, 0.2) is 0 Å². The zero-order valence-corrected chi connectivity index (χ0v) is 16.2. The highest BCUT2D eigenvalue weighted by molar-refractivity contribution is 5.72. The predicted octanol–water partition coefficient (Wildman–Crippen LogP) is 3.88. The van der Waals surface area contributed by atoms with Gasteiger partial charge in [0, 0.05) is 37.4 Å². The van der Waals surface area contributed by atoms with Crippen molar-refractivity contribution in [1.82, 2.24) is 20.4 Å². The molecule has 27 heavy (non-hydrogen) atoms. The molecule has 2 heterocycles. The molecule has 2 aromatic carbocycles. The van der Waals surface area contributed by atoms with E-state index in [4.69, 9.17) is 5.10 Å². The Kier molecular flexibility index (Phi) is 5.37. The maximum Gasteiger partial charge on any atom is 0.0878 e. The molecule has 4 heteroatoms. The third kappa shape index (κ3) is 3.82. The fourth-order valence-corrected chi connectivity index (χ4v) is 4.11. The van der Waals surface area contributed by atoms with Gasteiger partial charge in [-0.1, -0.05) is 54.6 Å². The van der Waals surface area contributed by atoms with Crippen LogP contribution in [0.3, 0.4) is 0 Å². The summed E-state index contributed by atoms with van der Waals surface area (Å²) in [6.07, 6.45) is 0.976. The molecule has 0 amide bonds. The number of rotatable bonds is 5. The van der Waals surface area contributed by atoms with Gasteiger partial charge >= 0.3 is 0 Å². The Hall–Kier alpha value is -2.43. The van der Waals surface area contributed by atoms with E-state index in [1.165, 1.54) is 27.9 Å². The van der Waals surface area contributed by atoms with E-state index >= 15 is 0 Å². The lowest BCUT2D eigenvalue weighted by atomic mass is 9.92. The van der Waals surface area contributed by atoms with Crippen molar-refractivity contribution in [3.05, 3.63) is 77.1 Å². The van der Waals surface area contributed by atoms with Crippen LogP contribution in [0.2, 0.25) is 0 Å². The van der Waals surface area contributed by atoms with Crippen LogP contribution in [0.15, 0.2) is 54.6 Å². The average molecular weight is 361 g/mol. The minimum Gasteiger partial charge on any atom is -0.314 e. The zero-order valence-electron chi connectivity index (χ0n) is 16.2. The molecule has 0 aliphatic carbocycles. The summed E-state index contributed by atoms with van der Waals surface area (Å²) in [6.45, 7) is 8.49. The van der Waals surface area contributed by atoms with Crippen molar-refractivity contribution in [3.8, 4) is 11.1 Å². The molecule has 1 aliphatic heterocycles. The molecule has 0 saturated carbocycles. The molecule has 1 unspecified atom stereocenters. The zero-order chi connectivity index (χ0) is 18.6. The first kappa shape index (κ1) is 18.0. The summed E-state index contributed by atoms with van der Waals surface area (Å²) in [5, 5.41) is 11.6. The Morgan fingerprint density at radius 3 is 2.41 bits per heavy atom. The van der Waals surface area contributed by atoms with Crippen LogP contribution in [0.1, 0.15) is 28.6 Å². The van der Waals surface area contributed by atoms with Crippen LogP contribution < -0.4 is 5.32 Å². The van der Waals surface area contributed by atoms with E-state index < -0.39 is 0 Å². The fourth-order valence-electron chi connectivity index (χ4n) is 4.11. The Morgan fingerprint density at radius 1 is 0.963 bits per heavy atom. The van der Waals surface area contributed by atoms with Crippen LogP contribution in [0.5, 0.6) is 0 Å². The van der Waals surface area contributed by atoms with Gasteiger partial charge in [0.1, 0.15) is 0 Å². The van der Waals surface area contributed by atoms with E-state index in [1.54, 1.807) is 0 Å². The van der Waals surface area contributed by atoms with Crippen molar-refractivity contribution >= 4 is 0 Å². The lowest BCUT2D eigenvalue weighted by molar-refractivity contribution is 0.169. The molecule has 1 atom stereocenters. The summed E-state index contributed by atoms with van der Waals surface area (Å²) in [4.78, 5) is 2.58. The lowest BCUT2D eigenvalue weighted by Gasteiger charge is -2.35. The molecule has 140 valence electrons. The minimum absolute atomic E-state index is 0.272. The van der Waals surface area contributed by atoms with Crippen LogP contribution in [0.4, 0.5) is 0 Å². The number of benzene rings is 2. The average Bonchev–Trinajstić information content (AvgIpc) is 3.09. The first-order chi connectivity index (χ1) is 13.2. The third-order valence-corrected chi connectivity index (χ3v) is 5.57.